The Labute approximate surface area is 154 Å². The van der Waals surface area contributed by atoms with Gasteiger partial charge in [-0.15, -0.1) is 0 Å². The topological polar surface area (TPSA) is 71.1 Å². The summed E-state index contributed by atoms with van der Waals surface area (Å²) in [6.07, 6.45) is 7.61. The number of hydrogen-bond donors (Lipinski definition) is 1. The Morgan fingerprint density at radius 2 is 2.12 bits per heavy atom. The molecule has 1 aromatic rings. The zero-order chi connectivity index (χ0) is 17.7. The zero-order valence-electron chi connectivity index (χ0n) is 15.5. The molecule has 5 rings (SSSR count). The van der Waals surface area contributed by atoms with Gasteiger partial charge in [0.2, 0.25) is 0 Å². The minimum Gasteiger partial charge on any atom is -0.497 e. The molecule has 2 aliphatic carbocycles. The molecule has 1 N–H and O–H groups in total. The summed E-state index contributed by atoms with van der Waals surface area (Å²) in [5, 5.41) is 7.66. The number of hydrogen-bond acceptors (Lipinski definition) is 4. The highest BCUT2D eigenvalue weighted by Gasteiger charge is 2.46. The van der Waals surface area contributed by atoms with Crippen LogP contribution in [0.2, 0.25) is 0 Å². The Hall–Kier alpha value is -1.85. The molecule has 0 aromatic carbocycles. The number of nitrogens with zero attached hydrogens (tertiary/aromatic N) is 3. The first-order valence-corrected chi connectivity index (χ1v) is 10.3. The van der Waals surface area contributed by atoms with E-state index in [2.05, 4.69) is 22.0 Å². The van der Waals surface area contributed by atoms with Gasteiger partial charge in [0.1, 0.15) is 11.6 Å². The molecule has 3 fully saturated rings. The predicted octanol–water partition coefficient (Wildman–Crippen LogP) is 3.11. The second kappa shape index (κ2) is 6.39. The fourth-order valence-corrected chi connectivity index (χ4v) is 4.67. The van der Waals surface area contributed by atoms with Gasteiger partial charge in [0.15, 0.2) is 5.82 Å². The van der Waals surface area contributed by atoms with Gasteiger partial charge in [-0.2, -0.15) is 5.10 Å². The molecule has 6 heteroatoms. The molecule has 4 aliphatic rings. The number of nitrogens with one attached hydrogen (secondary N) is 1. The standard InChI is InChI=1S/C20H28N4O2/c1-2-17-14(4-3-9-26-17)20(25)24-10-15(12-5-6-12)16(11-24)19-21-18(22-23-19)13-7-8-13/h12-13,15-16H,2-11H2,1H3,(H,21,22,23)/t15-,16+/m1/s1. The largest absolute Gasteiger partial charge is 0.497 e. The van der Waals surface area contributed by atoms with Gasteiger partial charge in [-0.1, -0.05) is 6.92 Å². The van der Waals surface area contributed by atoms with E-state index in [4.69, 9.17) is 9.72 Å². The van der Waals surface area contributed by atoms with Crippen molar-refractivity contribution in [3.05, 3.63) is 23.0 Å². The molecule has 2 atom stereocenters. The van der Waals surface area contributed by atoms with Crippen LogP contribution in [0.25, 0.3) is 0 Å². The third-order valence-corrected chi connectivity index (χ3v) is 6.46. The number of amides is 1. The molecule has 3 heterocycles. The van der Waals surface area contributed by atoms with E-state index in [0.29, 0.717) is 17.8 Å². The minimum atomic E-state index is 0.191. The normalized spacial score (nSPS) is 29.2. The van der Waals surface area contributed by atoms with Crippen LogP contribution in [-0.4, -0.2) is 45.7 Å². The maximum atomic E-state index is 13.2. The van der Waals surface area contributed by atoms with E-state index in [-0.39, 0.29) is 5.91 Å². The molecule has 0 spiro atoms. The molecule has 1 amide bonds. The summed E-state index contributed by atoms with van der Waals surface area (Å²) in [7, 11) is 0. The second-order valence-electron chi connectivity index (χ2n) is 8.38. The third kappa shape index (κ3) is 2.93. The van der Waals surface area contributed by atoms with Gasteiger partial charge in [-0.05, 0) is 50.4 Å². The Morgan fingerprint density at radius 1 is 1.27 bits per heavy atom. The van der Waals surface area contributed by atoms with Crippen molar-refractivity contribution in [3.63, 3.8) is 0 Å². The maximum Gasteiger partial charge on any atom is 0.253 e. The number of likely N-dealkylation sites (tertiary alicyclic amines) is 1. The van der Waals surface area contributed by atoms with Gasteiger partial charge in [0, 0.05) is 31.3 Å². The molecule has 0 radical (unpaired) electrons. The van der Waals surface area contributed by atoms with Crippen molar-refractivity contribution in [2.45, 2.75) is 63.7 Å². The average Bonchev–Trinajstić information content (AvgIpc) is 3.61. The first kappa shape index (κ1) is 16.3. The molecule has 140 valence electrons. The van der Waals surface area contributed by atoms with Crippen LogP contribution in [-0.2, 0) is 9.53 Å². The van der Waals surface area contributed by atoms with Crippen molar-refractivity contribution in [1.29, 1.82) is 0 Å². The van der Waals surface area contributed by atoms with Gasteiger partial charge in [-0.25, -0.2) is 4.98 Å². The third-order valence-electron chi connectivity index (χ3n) is 6.46. The summed E-state index contributed by atoms with van der Waals surface area (Å²) < 4.78 is 5.76. The highest BCUT2D eigenvalue weighted by Crippen LogP contribution is 2.48. The van der Waals surface area contributed by atoms with Crippen LogP contribution in [0.1, 0.15) is 75.4 Å². The van der Waals surface area contributed by atoms with Crippen LogP contribution in [0.4, 0.5) is 0 Å². The van der Waals surface area contributed by atoms with Crippen LogP contribution in [0.5, 0.6) is 0 Å². The number of rotatable bonds is 5. The summed E-state index contributed by atoms with van der Waals surface area (Å²) >= 11 is 0. The van der Waals surface area contributed by atoms with E-state index in [1.807, 2.05) is 0 Å². The van der Waals surface area contributed by atoms with E-state index < -0.39 is 0 Å². The van der Waals surface area contributed by atoms with Crippen molar-refractivity contribution in [2.24, 2.45) is 11.8 Å². The number of carbonyl (C=O) groups is 1. The molecule has 1 saturated heterocycles. The Bertz CT molecular complexity index is 732. The molecule has 1 aromatic heterocycles. The van der Waals surface area contributed by atoms with Crippen molar-refractivity contribution in [2.75, 3.05) is 19.7 Å². The molecule has 0 bridgehead atoms. The summed E-state index contributed by atoms with van der Waals surface area (Å²) in [6, 6.07) is 0. The molecular formula is C20H28N4O2. The van der Waals surface area contributed by atoms with Crippen molar-refractivity contribution in [1.82, 2.24) is 20.1 Å². The van der Waals surface area contributed by atoms with E-state index >= 15 is 0 Å². The maximum absolute atomic E-state index is 13.2. The highest BCUT2D eigenvalue weighted by atomic mass is 16.5. The lowest BCUT2D eigenvalue weighted by molar-refractivity contribution is -0.127. The first-order valence-electron chi connectivity index (χ1n) is 10.3. The smallest absolute Gasteiger partial charge is 0.253 e. The second-order valence-corrected chi connectivity index (χ2v) is 8.38. The fraction of sp³-hybridized carbons (Fsp3) is 0.750. The van der Waals surface area contributed by atoms with Crippen molar-refractivity contribution >= 4 is 5.91 Å². The zero-order valence-corrected chi connectivity index (χ0v) is 15.5. The number of aromatic nitrogens is 3. The highest BCUT2D eigenvalue weighted by molar-refractivity contribution is 5.94. The van der Waals surface area contributed by atoms with Crippen LogP contribution in [0.15, 0.2) is 11.3 Å². The lowest BCUT2D eigenvalue weighted by atomic mass is 9.91. The number of ether oxygens (including phenoxy) is 1. The SMILES string of the molecule is CCC1=C(C(=O)N2C[C@H](c3nc(C4CC4)n[nH]3)[C@@H](C3CC3)C2)CCCO1. The predicted molar refractivity (Wildman–Crippen MR) is 96.4 cm³/mol. The molecule has 2 saturated carbocycles. The van der Waals surface area contributed by atoms with Gasteiger partial charge >= 0.3 is 0 Å². The van der Waals surface area contributed by atoms with Gasteiger partial charge in [0.05, 0.1) is 12.2 Å². The minimum absolute atomic E-state index is 0.191. The van der Waals surface area contributed by atoms with Crippen LogP contribution in [0, 0.1) is 11.8 Å². The van der Waals surface area contributed by atoms with Crippen LogP contribution < -0.4 is 0 Å². The first-order chi connectivity index (χ1) is 12.7. The number of aromatic amines is 1. The van der Waals surface area contributed by atoms with Crippen LogP contribution >= 0.6 is 0 Å². The van der Waals surface area contributed by atoms with E-state index in [9.17, 15) is 4.79 Å². The molecule has 2 aliphatic heterocycles. The van der Waals surface area contributed by atoms with E-state index in [1.54, 1.807) is 0 Å². The number of allylic oxidation sites excluding steroid dienone is 1. The van der Waals surface area contributed by atoms with Gasteiger partial charge in [0.25, 0.3) is 5.91 Å². The Balaban J connectivity index is 1.37. The fourth-order valence-electron chi connectivity index (χ4n) is 4.67. The quantitative estimate of drug-likeness (QED) is 0.880. The molecule has 6 nitrogen and oxygen atoms in total. The van der Waals surface area contributed by atoms with Crippen molar-refractivity contribution < 1.29 is 9.53 Å². The van der Waals surface area contributed by atoms with Crippen LogP contribution in [0.3, 0.4) is 0 Å². The Morgan fingerprint density at radius 3 is 2.85 bits per heavy atom. The van der Waals surface area contributed by atoms with E-state index in [1.165, 1.54) is 25.7 Å². The molecule has 26 heavy (non-hydrogen) atoms. The van der Waals surface area contributed by atoms with Gasteiger partial charge < -0.3 is 9.64 Å². The van der Waals surface area contributed by atoms with Gasteiger partial charge in [-0.3, -0.25) is 9.89 Å². The monoisotopic (exact) mass is 356 g/mol. The Kier molecular flexibility index (Phi) is 4.02. The number of H-pyrrole nitrogens is 1. The average molecular weight is 356 g/mol. The molecule has 0 unspecified atom stereocenters. The lowest BCUT2D eigenvalue weighted by Crippen LogP contribution is -2.32. The van der Waals surface area contributed by atoms with Crippen molar-refractivity contribution in [3.8, 4) is 0 Å². The summed E-state index contributed by atoms with van der Waals surface area (Å²) in [5.74, 6) is 5.22. The summed E-state index contributed by atoms with van der Waals surface area (Å²) in [5.41, 5.74) is 0.908. The summed E-state index contributed by atoms with van der Waals surface area (Å²) in [6.45, 7) is 4.44. The molecular weight excluding hydrogens is 328 g/mol. The summed E-state index contributed by atoms with van der Waals surface area (Å²) in [4.78, 5) is 20.1. The lowest BCUT2D eigenvalue weighted by Gasteiger charge is -2.24. The van der Waals surface area contributed by atoms with E-state index in [0.717, 1.165) is 67.9 Å². The number of carbonyl (C=O) groups excluding carboxylic acids is 1.